The number of carbonyl (C=O) groups is 3. The Bertz CT molecular complexity index is 522. The molecule has 0 aromatic rings. The van der Waals surface area contributed by atoms with E-state index < -0.39 is 17.8 Å². The Morgan fingerprint density at radius 1 is 1.15 bits per heavy atom. The number of primary amides is 1. The number of amides is 1. The average Bonchev–Trinajstić information content (AvgIpc) is 3.12. The Morgan fingerprint density at radius 3 is 2.08 bits per heavy atom. The third-order valence-electron chi connectivity index (χ3n) is 3.21. The van der Waals surface area contributed by atoms with Crippen LogP contribution in [0.3, 0.4) is 0 Å². The lowest BCUT2D eigenvalue weighted by atomic mass is 10.1. The topological polar surface area (TPSA) is 202 Å². The molecule has 26 heavy (non-hydrogen) atoms. The molecule has 1 saturated heterocycles. The highest BCUT2D eigenvalue weighted by Gasteiger charge is 2.28. The summed E-state index contributed by atoms with van der Waals surface area (Å²) < 4.78 is 5.61. The molecule has 2 unspecified atom stereocenters. The molecule has 2 rings (SSSR count). The van der Waals surface area contributed by atoms with E-state index in [0.29, 0.717) is 12.0 Å². The summed E-state index contributed by atoms with van der Waals surface area (Å²) in [5.74, 6) is -2.33. The molecule has 0 spiro atoms. The summed E-state index contributed by atoms with van der Waals surface area (Å²) in [5, 5.41) is 24.2. The number of hydrogen-bond acceptors (Lipinski definition) is 8. The summed E-state index contributed by atoms with van der Waals surface area (Å²) >= 11 is 0. The van der Waals surface area contributed by atoms with Crippen molar-refractivity contribution in [2.45, 2.75) is 31.6 Å². The monoisotopic (exact) mass is 374 g/mol. The van der Waals surface area contributed by atoms with Crippen LogP contribution in [0.1, 0.15) is 19.3 Å². The van der Waals surface area contributed by atoms with Gasteiger partial charge in [-0.05, 0) is 19.3 Å². The molecular formula is C15H26N4O7. The highest BCUT2D eigenvalue weighted by atomic mass is 16.5. The second-order valence-electron chi connectivity index (χ2n) is 5.22. The van der Waals surface area contributed by atoms with Crippen LogP contribution in [0.15, 0.2) is 24.0 Å². The van der Waals surface area contributed by atoms with Gasteiger partial charge >= 0.3 is 11.9 Å². The number of nitrogens with zero attached hydrogens (tertiary/aromatic N) is 1. The van der Waals surface area contributed by atoms with Crippen molar-refractivity contribution < 1.29 is 34.4 Å². The second-order valence-corrected chi connectivity index (χ2v) is 5.22. The van der Waals surface area contributed by atoms with Crippen LogP contribution >= 0.6 is 0 Å². The molecule has 11 heteroatoms. The first-order valence-corrected chi connectivity index (χ1v) is 7.79. The number of nitrogens with two attached hydrogens (primary N) is 3. The van der Waals surface area contributed by atoms with Gasteiger partial charge in [-0.3, -0.25) is 14.4 Å². The molecule has 2 atom stereocenters. The fourth-order valence-electron chi connectivity index (χ4n) is 1.96. The Hall–Kier alpha value is -2.47. The number of carboxylic acids is 2. The fourth-order valence-corrected chi connectivity index (χ4v) is 1.96. The molecule has 11 nitrogen and oxygen atoms in total. The number of aliphatic carboxylic acids is 2. The van der Waals surface area contributed by atoms with E-state index in [1.807, 2.05) is 17.2 Å². The maximum Gasteiger partial charge on any atom is 0.317 e. The van der Waals surface area contributed by atoms with Crippen molar-refractivity contribution in [1.82, 2.24) is 4.90 Å². The quantitative estimate of drug-likeness (QED) is 0.316. The zero-order valence-electron chi connectivity index (χ0n) is 14.3. The maximum atomic E-state index is 11.0. The van der Waals surface area contributed by atoms with Crippen molar-refractivity contribution in [3.8, 4) is 0 Å². The van der Waals surface area contributed by atoms with Gasteiger partial charge in [-0.15, -0.1) is 0 Å². The van der Waals surface area contributed by atoms with E-state index in [1.54, 1.807) is 6.20 Å². The van der Waals surface area contributed by atoms with Crippen LogP contribution in [0.2, 0.25) is 0 Å². The summed E-state index contributed by atoms with van der Waals surface area (Å²) in [7, 11) is 0. The maximum absolute atomic E-state index is 11.0. The van der Waals surface area contributed by atoms with Gasteiger partial charge in [-0.2, -0.15) is 0 Å². The van der Waals surface area contributed by atoms with Gasteiger partial charge in [0.15, 0.2) is 0 Å². The molecule has 0 aromatic carbocycles. The number of hydrogen-bond donors (Lipinski definition) is 6. The number of rotatable bonds is 5. The normalized spacial score (nSPS) is 20.9. The summed E-state index contributed by atoms with van der Waals surface area (Å²) in [6.45, 7) is -0.513. The number of allylic oxidation sites excluding steroid dienone is 1. The second kappa shape index (κ2) is 12.8. The van der Waals surface area contributed by atoms with Crippen molar-refractivity contribution in [2.75, 3.05) is 19.7 Å². The lowest BCUT2D eigenvalue weighted by Crippen LogP contribution is -2.30. The Kier molecular flexibility index (Phi) is 11.6. The molecule has 148 valence electrons. The number of ether oxygens (including phenoxy) is 1. The standard InChI is InChI=1S/C11H16N2O3.2C2H5NO2/c12-11(15)8-2-1-5-13(6-8)10-4-3-9(7-14)16-10;2*3-1-2(4)5/h1,5-6,9-10,14H,2-4,7H2,(H2,12,15);2*1,3H2,(H,4,5). The van der Waals surface area contributed by atoms with E-state index in [0.717, 1.165) is 12.8 Å². The molecule has 1 amide bonds. The van der Waals surface area contributed by atoms with Crippen LogP contribution in [0.4, 0.5) is 0 Å². The molecular weight excluding hydrogens is 348 g/mol. The van der Waals surface area contributed by atoms with Crippen molar-refractivity contribution in [3.63, 3.8) is 0 Å². The minimum Gasteiger partial charge on any atom is -0.480 e. The van der Waals surface area contributed by atoms with E-state index in [-0.39, 0.29) is 32.0 Å². The van der Waals surface area contributed by atoms with Crippen LogP contribution in [-0.4, -0.2) is 70.1 Å². The number of carboxylic acid groups (broad SMARTS) is 2. The van der Waals surface area contributed by atoms with E-state index in [2.05, 4.69) is 11.5 Å². The largest absolute Gasteiger partial charge is 0.480 e. The van der Waals surface area contributed by atoms with Gasteiger partial charge in [-0.1, -0.05) is 6.08 Å². The molecule has 2 aliphatic heterocycles. The number of aliphatic hydroxyl groups excluding tert-OH is 1. The van der Waals surface area contributed by atoms with E-state index in [4.69, 9.17) is 25.8 Å². The summed E-state index contributed by atoms with van der Waals surface area (Å²) in [6.07, 6.45) is 7.57. The average molecular weight is 374 g/mol. The third kappa shape index (κ3) is 9.74. The smallest absolute Gasteiger partial charge is 0.317 e. The zero-order chi connectivity index (χ0) is 20.1. The first-order chi connectivity index (χ1) is 12.2. The predicted octanol–water partition coefficient (Wildman–Crippen LogP) is -1.87. The van der Waals surface area contributed by atoms with Crippen molar-refractivity contribution in [2.24, 2.45) is 17.2 Å². The molecule has 1 fully saturated rings. The van der Waals surface area contributed by atoms with Crippen LogP contribution in [0.5, 0.6) is 0 Å². The van der Waals surface area contributed by atoms with Gasteiger partial charge in [0.05, 0.1) is 25.8 Å². The molecule has 0 radical (unpaired) electrons. The number of carbonyl (C=O) groups excluding carboxylic acids is 1. The lowest BCUT2D eigenvalue weighted by Gasteiger charge is -2.26. The van der Waals surface area contributed by atoms with Gasteiger partial charge in [-0.25, -0.2) is 0 Å². The van der Waals surface area contributed by atoms with Gasteiger partial charge < -0.3 is 42.2 Å². The molecule has 2 heterocycles. The van der Waals surface area contributed by atoms with Crippen LogP contribution < -0.4 is 17.2 Å². The van der Waals surface area contributed by atoms with Gasteiger partial charge in [0.2, 0.25) is 5.91 Å². The van der Waals surface area contributed by atoms with Gasteiger partial charge in [0, 0.05) is 18.0 Å². The van der Waals surface area contributed by atoms with E-state index in [9.17, 15) is 14.4 Å². The summed E-state index contributed by atoms with van der Waals surface area (Å²) in [4.78, 5) is 31.4. The van der Waals surface area contributed by atoms with E-state index >= 15 is 0 Å². The third-order valence-corrected chi connectivity index (χ3v) is 3.21. The first kappa shape index (κ1) is 23.5. The van der Waals surface area contributed by atoms with Crippen molar-refractivity contribution in [1.29, 1.82) is 0 Å². The molecule has 0 aromatic heterocycles. The van der Waals surface area contributed by atoms with Crippen molar-refractivity contribution in [3.05, 3.63) is 24.0 Å². The van der Waals surface area contributed by atoms with Crippen molar-refractivity contribution >= 4 is 17.8 Å². The van der Waals surface area contributed by atoms with Crippen LogP contribution in [0.25, 0.3) is 0 Å². The van der Waals surface area contributed by atoms with Gasteiger partial charge in [0.1, 0.15) is 6.23 Å². The predicted molar refractivity (Wildman–Crippen MR) is 91.2 cm³/mol. The Labute approximate surface area is 150 Å². The highest BCUT2D eigenvalue weighted by Crippen LogP contribution is 2.25. The lowest BCUT2D eigenvalue weighted by molar-refractivity contribution is -0.136. The minimum absolute atomic E-state index is 0.0421. The van der Waals surface area contributed by atoms with Gasteiger partial charge in [0.25, 0.3) is 0 Å². The van der Waals surface area contributed by atoms with E-state index in [1.165, 1.54) is 0 Å². The molecule has 0 saturated carbocycles. The van der Waals surface area contributed by atoms with Crippen LogP contribution in [0, 0.1) is 0 Å². The molecule has 9 N–H and O–H groups in total. The molecule has 0 aliphatic carbocycles. The summed E-state index contributed by atoms with van der Waals surface area (Å²) in [5.41, 5.74) is 15.0. The first-order valence-electron chi connectivity index (χ1n) is 7.79. The fraction of sp³-hybridized carbons (Fsp3) is 0.533. The minimum atomic E-state index is -0.968. The molecule has 0 bridgehead atoms. The van der Waals surface area contributed by atoms with Crippen LogP contribution in [-0.2, 0) is 19.1 Å². The summed E-state index contributed by atoms with van der Waals surface area (Å²) in [6, 6.07) is 0. The Balaban J connectivity index is 0.000000520. The highest BCUT2D eigenvalue weighted by molar-refractivity contribution is 5.92. The SMILES string of the molecule is NC(=O)C1=CN(C2CCC(CO)O2)C=CC1.NCC(=O)O.NCC(=O)O. The zero-order valence-corrected chi connectivity index (χ0v) is 14.3. The number of aliphatic hydroxyl groups is 1. The molecule has 2 aliphatic rings. The Morgan fingerprint density at radius 2 is 1.69 bits per heavy atom.